The summed E-state index contributed by atoms with van der Waals surface area (Å²) < 4.78 is 10.7. The number of ether oxygens (including phenoxy) is 2. The van der Waals surface area contributed by atoms with E-state index in [0.717, 1.165) is 51.1 Å². The van der Waals surface area contributed by atoms with Gasteiger partial charge in [0.1, 0.15) is 5.75 Å². The molecule has 1 saturated heterocycles. The fourth-order valence-electron chi connectivity index (χ4n) is 4.75. The molecule has 0 radical (unpaired) electrons. The lowest BCUT2D eigenvalue weighted by molar-refractivity contribution is 0.0518. The fraction of sp³-hybridized carbons (Fsp3) is 0.667. The molecular formula is C24H36N2O4. The molecule has 6 heteroatoms. The van der Waals surface area contributed by atoms with Crippen LogP contribution in [0.2, 0.25) is 0 Å². The van der Waals surface area contributed by atoms with Crippen LogP contribution >= 0.6 is 0 Å². The predicted octanol–water partition coefficient (Wildman–Crippen LogP) is 5.48. The first-order valence-corrected chi connectivity index (χ1v) is 11.5. The van der Waals surface area contributed by atoms with E-state index in [9.17, 15) is 9.59 Å². The molecule has 2 atom stereocenters. The van der Waals surface area contributed by atoms with Crippen LogP contribution in [0.3, 0.4) is 0 Å². The van der Waals surface area contributed by atoms with E-state index in [-0.39, 0.29) is 5.91 Å². The number of carbonyl (C=O) groups is 2. The summed E-state index contributed by atoms with van der Waals surface area (Å²) >= 11 is 0. The summed E-state index contributed by atoms with van der Waals surface area (Å²) in [7, 11) is 1.55. The summed E-state index contributed by atoms with van der Waals surface area (Å²) in [5, 5.41) is 2.72. The van der Waals surface area contributed by atoms with E-state index in [1.165, 1.54) is 25.7 Å². The largest absolute Gasteiger partial charge is 0.496 e. The van der Waals surface area contributed by atoms with Crippen molar-refractivity contribution in [3.05, 3.63) is 23.8 Å². The highest BCUT2D eigenvalue weighted by molar-refractivity contribution is 5.98. The summed E-state index contributed by atoms with van der Waals surface area (Å²) in [6.07, 6.45) is 10.0. The number of anilines is 1. The molecule has 1 aromatic carbocycles. The van der Waals surface area contributed by atoms with Crippen molar-refractivity contribution < 1.29 is 19.1 Å². The molecule has 2 amide bonds. The maximum atomic E-state index is 13.1. The number of fused-ring (bicyclic) bond motifs is 1. The van der Waals surface area contributed by atoms with Gasteiger partial charge in [-0.2, -0.15) is 0 Å². The molecule has 0 aromatic heterocycles. The Bertz CT molecular complexity index is 721. The number of nitrogens with one attached hydrogen (secondary N) is 1. The third-order valence-electron chi connectivity index (χ3n) is 6.49. The van der Waals surface area contributed by atoms with Gasteiger partial charge in [0, 0.05) is 24.8 Å². The molecule has 1 aliphatic carbocycles. The first-order valence-electron chi connectivity index (χ1n) is 11.5. The van der Waals surface area contributed by atoms with Crippen molar-refractivity contribution >= 4 is 17.7 Å². The average molecular weight is 417 g/mol. The normalized spacial score (nSPS) is 20.9. The average Bonchev–Trinajstić information content (AvgIpc) is 2.78. The molecule has 1 heterocycles. The molecule has 3 rings (SSSR count). The standard InChI is InChI=1S/C24H36N2O4/c1-3-4-5-8-15-30-24(28)25-20-11-12-21(22(16-20)29-2)23(27)26-14-13-18-9-6-7-10-19(18)17-26/h11-12,16,18-19H,3-10,13-15,17H2,1-2H3,(H,25,28). The molecule has 1 saturated carbocycles. The van der Waals surface area contributed by atoms with E-state index >= 15 is 0 Å². The summed E-state index contributed by atoms with van der Waals surface area (Å²) in [6, 6.07) is 5.17. The van der Waals surface area contributed by atoms with Crippen LogP contribution in [0, 0.1) is 11.8 Å². The minimum atomic E-state index is -0.480. The highest BCUT2D eigenvalue weighted by atomic mass is 16.5. The zero-order valence-corrected chi connectivity index (χ0v) is 18.5. The molecule has 166 valence electrons. The second-order valence-corrected chi connectivity index (χ2v) is 8.58. The number of hydrogen-bond acceptors (Lipinski definition) is 4. The minimum absolute atomic E-state index is 0.0147. The number of piperidine rings is 1. The van der Waals surface area contributed by atoms with E-state index < -0.39 is 6.09 Å². The predicted molar refractivity (Wildman–Crippen MR) is 118 cm³/mol. The maximum absolute atomic E-state index is 13.1. The van der Waals surface area contributed by atoms with Crippen molar-refractivity contribution in [2.24, 2.45) is 11.8 Å². The van der Waals surface area contributed by atoms with E-state index in [0.29, 0.717) is 29.5 Å². The van der Waals surface area contributed by atoms with Gasteiger partial charge in [-0.3, -0.25) is 10.1 Å². The highest BCUT2D eigenvalue weighted by Crippen LogP contribution is 2.37. The first-order chi connectivity index (χ1) is 14.6. The summed E-state index contributed by atoms with van der Waals surface area (Å²) in [4.78, 5) is 27.1. The Kier molecular flexibility index (Phi) is 8.40. The fourth-order valence-corrected chi connectivity index (χ4v) is 4.75. The van der Waals surface area contributed by atoms with Crippen LogP contribution in [0.4, 0.5) is 10.5 Å². The molecule has 2 fully saturated rings. The molecule has 0 bridgehead atoms. The minimum Gasteiger partial charge on any atom is -0.496 e. The number of methoxy groups -OCH3 is 1. The third kappa shape index (κ3) is 5.89. The molecule has 1 N–H and O–H groups in total. The van der Waals surface area contributed by atoms with Crippen molar-refractivity contribution in [1.82, 2.24) is 4.90 Å². The Morgan fingerprint density at radius 2 is 1.90 bits per heavy atom. The second-order valence-electron chi connectivity index (χ2n) is 8.58. The van der Waals surface area contributed by atoms with E-state index in [1.54, 1.807) is 25.3 Å². The van der Waals surface area contributed by atoms with Gasteiger partial charge in [0.25, 0.3) is 5.91 Å². The van der Waals surface area contributed by atoms with Gasteiger partial charge in [-0.25, -0.2) is 4.79 Å². The van der Waals surface area contributed by atoms with Crippen LogP contribution in [0.15, 0.2) is 18.2 Å². The van der Waals surface area contributed by atoms with E-state index in [2.05, 4.69) is 12.2 Å². The van der Waals surface area contributed by atoms with E-state index in [1.807, 2.05) is 4.90 Å². The summed E-state index contributed by atoms with van der Waals surface area (Å²) in [6.45, 7) is 4.22. The van der Waals surface area contributed by atoms with Crippen molar-refractivity contribution in [3.8, 4) is 5.75 Å². The number of rotatable bonds is 8. The smallest absolute Gasteiger partial charge is 0.411 e. The second kappa shape index (κ2) is 11.2. The first kappa shape index (κ1) is 22.4. The van der Waals surface area contributed by atoms with Gasteiger partial charge in [0.05, 0.1) is 19.3 Å². The van der Waals surface area contributed by atoms with Crippen LogP contribution in [0.5, 0.6) is 5.75 Å². The Morgan fingerprint density at radius 1 is 1.10 bits per heavy atom. The molecule has 2 aliphatic rings. The number of benzene rings is 1. The third-order valence-corrected chi connectivity index (χ3v) is 6.49. The lowest BCUT2D eigenvalue weighted by Gasteiger charge is -2.41. The highest BCUT2D eigenvalue weighted by Gasteiger charge is 2.33. The van der Waals surface area contributed by atoms with E-state index in [4.69, 9.17) is 9.47 Å². The lowest BCUT2D eigenvalue weighted by atomic mass is 9.75. The van der Waals surface area contributed by atoms with Crippen molar-refractivity contribution in [2.75, 3.05) is 32.1 Å². The molecule has 6 nitrogen and oxygen atoms in total. The van der Waals surface area contributed by atoms with Crippen LogP contribution in [-0.4, -0.2) is 43.7 Å². The van der Waals surface area contributed by atoms with Gasteiger partial charge < -0.3 is 14.4 Å². The summed E-state index contributed by atoms with van der Waals surface area (Å²) in [5.41, 5.74) is 1.11. The SMILES string of the molecule is CCCCCCOC(=O)Nc1ccc(C(=O)N2CCC3CCCCC3C2)c(OC)c1. The van der Waals surface area contributed by atoms with Crippen LogP contribution in [-0.2, 0) is 4.74 Å². The molecule has 30 heavy (non-hydrogen) atoms. The van der Waals surface area contributed by atoms with Gasteiger partial charge in [0.2, 0.25) is 0 Å². The summed E-state index contributed by atoms with van der Waals surface area (Å²) in [5.74, 6) is 1.91. The molecule has 1 aliphatic heterocycles. The van der Waals surface area contributed by atoms with Crippen LogP contribution < -0.4 is 10.1 Å². The van der Waals surface area contributed by atoms with Gasteiger partial charge in [0.15, 0.2) is 0 Å². The van der Waals surface area contributed by atoms with Gasteiger partial charge in [-0.15, -0.1) is 0 Å². The zero-order chi connectivity index (χ0) is 21.3. The zero-order valence-electron chi connectivity index (χ0n) is 18.5. The number of likely N-dealkylation sites (tertiary alicyclic amines) is 1. The Hall–Kier alpha value is -2.24. The maximum Gasteiger partial charge on any atom is 0.411 e. The lowest BCUT2D eigenvalue weighted by Crippen LogP contribution is -2.44. The number of amides is 2. The molecule has 2 unspecified atom stereocenters. The Labute approximate surface area is 180 Å². The topological polar surface area (TPSA) is 67.9 Å². The number of hydrogen-bond donors (Lipinski definition) is 1. The Balaban J connectivity index is 1.57. The monoisotopic (exact) mass is 416 g/mol. The number of unbranched alkanes of at least 4 members (excludes halogenated alkanes) is 3. The number of nitrogens with zero attached hydrogens (tertiary/aromatic N) is 1. The van der Waals surface area contributed by atoms with Crippen molar-refractivity contribution in [2.45, 2.75) is 64.7 Å². The van der Waals surface area contributed by atoms with Crippen molar-refractivity contribution in [1.29, 1.82) is 0 Å². The van der Waals surface area contributed by atoms with Crippen LogP contribution in [0.1, 0.15) is 75.1 Å². The Morgan fingerprint density at radius 3 is 2.67 bits per heavy atom. The van der Waals surface area contributed by atoms with Crippen LogP contribution in [0.25, 0.3) is 0 Å². The van der Waals surface area contributed by atoms with Gasteiger partial charge in [-0.1, -0.05) is 45.4 Å². The van der Waals surface area contributed by atoms with Crippen molar-refractivity contribution in [3.63, 3.8) is 0 Å². The quantitative estimate of drug-likeness (QED) is 0.570. The van der Waals surface area contributed by atoms with Gasteiger partial charge >= 0.3 is 6.09 Å². The molecule has 1 aromatic rings. The van der Waals surface area contributed by atoms with Gasteiger partial charge in [-0.05, 0) is 43.2 Å². The molecular weight excluding hydrogens is 380 g/mol. The molecule has 0 spiro atoms. The number of carbonyl (C=O) groups excluding carboxylic acids is 2.